The Morgan fingerprint density at radius 2 is 1.90 bits per heavy atom. The van der Waals surface area contributed by atoms with Crippen molar-refractivity contribution in [1.82, 2.24) is 5.32 Å². The van der Waals surface area contributed by atoms with Gasteiger partial charge in [-0.15, -0.1) is 0 Å². The lowest BCUT2D eigenvalue weighted by Crippen LogP contribution is -2.45. The Morgan fingerprint density at radius 3 is 2.40 bits per heavy atom. The average molecular weight is 285 g/mol. The molecule has 1 aromatic rings. The molecule has 2 unspecified atom stereocenters. The number of likely N-dealkylation sites (N-methyl/N-ethyl adjacent to an activating group) is 1. The Hall–Kier alpha value is -1.00. The van der Waals surface area contributed by atoms with Crippen LogP contribution in [0.2, 0.25) is 0 Å². The van der Waals surface area contributed by atoms with Crippen molar-refractivity contribution >= 4 is 0 Å². The zero-order valence-electron chi connectivity index (χ0n) is 12.7. The Bertz CT molecular complexity index is 409. The van der Waals surface area contributed by atoms with Crippen LogP contribution in [0.1, 0.15) is 33.3 Å². The molecule has 1 N–H and O–H groups in total. The molecule has 1 rings (SSSR count). The maximum Gasteiger partial charge on any atom is 0.129 e. The van der Waals surface area contributed by atoms with Gasteiger partial charge in [0, 0.05) is 18.7 Å². The van der Waals surface area contributed by atoms with Gasteiger partial charge in [-0.05, 0) is 37.4 Å². The topological polar surface area (TPSA) is 21.3 Å². The van der Waals surface area contributed by atoms with E-state index < -0.39 is 11.6 Å². The zero-order valence-corrected chi connectivity index (χ0v) is 12.7. The molecule has 1 aromatic carbocycles. The van der Waals surface area contributed by atoms with Gasteiger partial charge in [0.2, 0.25) is 0 Å². The van der Waals surface area contributed by atoms with Crippen molar-refractivity contribution in [3.05, 3.63) is 35.4 Å². The molecule has 0 bridgehead atoms. The summed E-state index contributed by atoms with van der Waals surface area (Å²) in [7, 11) is 0. The van der Waals surface area contributed by atoms with Gasteiger partial charge in [-0.25, -0.2) is 8.78 Å². The minimum absolute atomic E-state index is 0.00408. The Balaban J connectivity index is 2.89. The summed E-state index contributed by atoms with van der Waals surface area (Å²) < 4.78 is 32.5. The molecule has 0 amide bonds. The standard InChI is InChI=1S/C16H25F2NO/c1-5-19-15(16(11(3)4)20-6-2)9-12-7-8-13(17)10-14(12)18/h7-8,10-11,15-16,19H,5-6,9H2,1-4H3. The summed E-state index contributed by atoms with van der Waals surface area (Å²) in [5.41, 5.74) is 0.516. The first kappa shape index (κ1) is 17.1. The molecule has 0 heterocycles. The number of halogens is 2. The number of hydrogen-bond acceptors (Lipinski definition) is 2. The lowest BCUT2D eigenvalue weighted by atomic mass is 9.93. The predicted octanol–water partition coefficient (Wildman–Crippen LogP) is 3.55. The number of ether oxygens (including phenoxy) is 1. The van der Waals surface area contributed by atoms with Gasteiger partial charge in [-0.1, -0.05) is 26.8 Å². The highest BCUT2D eigenvalue weighted by molar-refractivity contribution is 5.20. The van der Waals surface area contributed by atoms with Gasteiger partial charge < -0.3 is 10.1 Å². The smallest absolute Gasteiger partial charge is 0.129 e. The fourth-order valence-electron chi connectivity index (χ4n) is 2.46. The molecule has 114 valence electrons. The van der Waals surface area contributed by atoms with Gasteiger partial charge in [-0.3, -0.25) is 0 Å². The molecule has 0 saturated heterocycles. The summed E-state index contributed by atoms with van der Waals surface area (Å²) in [6, 6.07) is 3.76. The first-order chi connectivity index (χ1) is 9.49. The fourth-order valence-corrected chi connectivity index (χ4v) is 2.46. The van der Waals surface area contributed by atoms with Crippen molar-refractivity contribution in [2.45, 2.75) is 46.3 Å². The molecule has 0 aliphatic carbocycles. The Labute approximate surface area is 120 Å². The normalized spacial score (nSPS) is 14.6. The first-order valence-electron chi connectivity index (χ1n) is 7.28. The molecule has 0 spiro atoms. The summed E-state index contributed by atoms with van der Waals surface area (Å²) in [5, 5.41) is 3.35. The number of hydrogen-bond donors (Lipinski definition) is 1. The molecule has 0 aliphatic rings. The van der Waals surface area contributed by atoms with E-state index in [2.05, 4.69) is 19.2 Å². The largest absolute Gasteiger partial charge is 0.377 e. The minimum Gasteiger partial charge on any atom is -0.377 e. The van der Waals surface area contributed by atoms with E-state index >= 15 is 0 Å². The van der Waals surface area contributed by atoms with Crippen LogP contribution in [0.3, 0.4) is 0 Å². The summed E-state index contributed by atoms with van der Waals surface area (Å²) in [5.74, 6) is -0.717. The van der Waals surface area contributed by atoms with Gasteiger partial charge in [0.05, 0.1) is 6.10 Å². The van der Waals surface area contributed by atoms with E-state index in [1.807, 2.05) is 13.8 Å². The van der Waals surface area contributed by atoms with E-state index in [4.69, 9.17) is 4.74 Å². The maximum absolute atomic E-state index is 13.8. The average Bonchev–Trinajstić information content (AvgIpc) is 2.38. The SMILES string of the molecule is CCNC(Cc1ccc(F)cc1F)C(OCC)C(C)C. The van der Waals surface area contributed by atoms with Crippen molar-refractivity contribution < 1.29 is 13.5 Å². The van der Waals surface area contributed by atoms with Crippen molar-refractivity contribution in [2.75, 3.05) is 13.2 Å². The van der Waals surface area contributed by atoms with E-state index in [9.17, 15) is 8.78 Å². The molecule has 4 heteroatoms. The molecule has 0 aromatic heterocycles. The van der Waals surface area contributed by atoms with Crippen LogP contribution in [-0.4, -0.2) is 25.3 Å². The second-order valence-electron chi connectivity index (χ2n) is 5.27. The van der Waals surface area contributed by atoms with Gasteiger partial charge in [0.15, 0.2) is 0 Å². The Morgan fingerprint density at radius 1 is 1.20 bits per heavy atom. The van der Waals surface area contributed by atoms with Crippen LogP contribution in [-0.2, 0) is 11.2 Å². The van der Waals surface area contributed by atoms with Gasteiger partial charge >= 0.3 is 0 Å². The van der Waals surface area contributed by atoms with Crippen LogP contribution in [0, 0.1) is 17.6 Å². The molecule has 2 atom stereocenters. The molecule has 0 saturated carbocycles. The monoisotopic (exact) mass is 285 g/mol. The van der Waals surface area contributed by atoms with Crippen molar-refractivity contribution in [3.8, 4) is 0 Å². The highest BCUT2D eigenvalue weighted by Crippen LogP contribution is 2.18. The van der Waals surface area contributed by atoms with Crippen LogP contribution in [0.25, 0.3) is 0 Å². The molecular formula is C16H25F2NO. The van der Waals surface area contributed by atoms with Gasteiger partial charge in [-0.2, -0.15) is 0 Å². The predicted molar refractivity (Wildman–Crippen MR) is 77.8 cm³/mol. The van der Waals surface area contributed by atoms with Crippen molar-refractivity contribution in [2.24, 2.45) is 5.92 Å². The van der Waals surface area contributed by atoms with Crippen molar-refractivity contribution in [1.29, 1.82) is 0 Å². The summed E-state index contributed by atoms with van der Waals surface area (Å²) in [4.78, 5) is 0. The Kier molecular flexibility index (Phi) is 7.10. The third kappa shape index (κ3) is 4.84. The molecule has 2 nitrogen and oxygen atoms in total. The van der Waals surface area contributed by atoms with E-state index in [1.165, 1.54) is 12.1 Å². The number of rotatable bonds is 8. The summed E-state index contributed by atoms with van der Waals surface area (Å²) in [6.45, 7) is 9.55. The summed E-state index contributed by atoms with van der Waals surface area (Å²) >= 11 is 0. The quantitative estimate of drug-likeness (QED) is 0.788. The summed E-state index contributed by atoms with van der Waals surface area (Å²) in [6.07, 6.45) is 0.493. The fraction of sp³-hybridized carbons (Fsp3) is 0.625. The minimum atomic E-state index is -0.545. The third-order valence-electron chi connectivity index (χ3n) is 3.33. The zero-order chi connectivity index (χ0) is 15.1. The first-order valence-corrected chi connectivity index (χ1v) is 7.28. The van der Waals surface area contributed by atoms with E-state index in [0.717, 1.165) is 12.6 Å². The van der Waals surface area contributed by atoms with Crippen molar-refractivity contribution in [3.63, 3.8) is 0 Å². The molecule has 0 radical (unpaired) electrons. The molecule has 0 fully saturated rings. The van der Waals surface area contributed by atoms with E-state index in [0.29, 0.717) is 24.5 Å². The lowest BCUT2D eigenvalue weighted by Gasteiger charge is -2.31. The number of nitrogens with one attached hydrogen (secondary N) is 1. The van der Waals surface area contributed by atoms with Gasteiger partial charge in [0.1, 0.15) is 11.6 Å². The third-order valence-corrected chi connectivity index (χ3v) is 3.33. The van der Waals surface area contributed by atoms with Crippen LogP contribution in [0.15, 0.2) is 18.2 Å². The maximum atomic E-state index is 13.8. The van der Waals surface area contributed by atoms with Crippen LogP contribution in [0.4, 0.5) is 8.78 Å². The van der Waals surface area contributed by atoms with Crippen LogP contribution >= 0.6 is 0 Å². The van der Waals surface area contributed by atoms with Crippen LogP contribution < -0.4 is 5.32 Å². The molecular weight excluding hydrogens is 260 g/mol. The second-order valence-corrected chi connectivity index (χ2v) is 5.27. The van der Waals surface area contributed by atoms with E-state index in [1.54, 1.807) is 0 Å². The van der Waals surface area contributed by atoms with E-state index in [-0.39, 0.29) is 12.1 Å². The van der Waals surface area contributed by atoms with Crippen LogP contribution in [0.5, 0.6) is 0 Å². The van der Waals surface area contributed by atoms with Gasteiger partial charge in [0.25, 0.3) is 0 Å². The lowest BCUT2D eigenvalue weighted by molar-refractivity contribution is 0.00379. The molecule has 20 heavy (non-hydrogen) atoms. The molecule has 0 aliphatic heterocycles. The highest BCUT2D eigenvalue weighted by atomic mass is 19.1. The number of benzene rings is 1. The second kappa shape index (κ2) is 8.32. The highest BCUT2D eigenvalue weighted by Gasteiger charge is 2.25.